The molecule has 0 heterocycles. The molecule has 0 saturated heterocycles. The molecule has 0 nitrogen and oxygen atoms in total. The molecule has 0 N–H and O–H groups in total. The molecule has 2 saturated carbocycles. The van der Waals surface area contributed by atoms with Crippen molar-refractivity contribution in [3.8, 4) is 0 Å². The second kappa shape index (κ2) is 7.53. The van der Waals surface area contributed by atoms with Crippen LogP contribution in [0.4, 0.5) is 0 Å². The summed E-state index contributed by atoms with van der Waals surface area (Å²) in [5.41, 5.74) is 3.89. The van der Waals surface area contributed by atoms with Crippen LogP contribution in [0.2, 0.25) is 0 Å². The van der Waals surface area contributed by atoms with Crippen LogP contribution in [-0.2, 0) is 0 Å². The maximum Gasteiger partial charge on any atom is 0.107 e. The fourth-order valence-electron chi connectivity index (χ4n) is 6.53. The Balaban J connectivity index is 1.88. The number of hydrogen-bond acceptors (Lipinski definition) is 0. The van der Waals surface area contributed by atoms with Crippen molar-refractivity contribution < 1.29 is 0 Å². The average molecular weight is 342 g/mol. The van der Waals surface area contributed by atoms with Gasteiger partial charge in [0.2, 0.25) is 0 Å². The van der Waals surface area contributed by atoms with Gasteiger partial charge in [-0.2, -0.15) is 0 Å². The summed E-state index contributed by atoms with van der Waals surface area (Å²) >= 11 is 0. The van der Waals surface area contributed by atoms with Gasteiger partial charge in [0.15, 0.2) is 0 Å². The molecule has 0 heteroatoms. The molecule has 0 radical (unpaired) electrons. The van der Waals surface area contributed by atoms with Crippen LogP contribution in [0.3, 0.4) is 0 Å². The highest BCUT2D eigenvalue weighted by Crippen LogP contribution is 2.61. The van der Waals surface area contributed by atoms with E-state index in [9.17, 15) is 0 Å². The van der Waals surface area contributed by atoms with Gasteiger partial charge in [0.1, 0.15) is 5.92 Å². The maximum atomic E-state index is 2.64. The van der Waals surface area contributed by atoms with E-state index < -0.39 is 0 Å². The highest BCUT2D eigenvalue weighted by molar-refractivity contribution is 5.18. The summed E-state index contributed by atoms with van der Waals surface area (Å²) < 4.78 is 0. The lowest BCUT2D eigenvalue weighted by Crippen LogP contribution is -2.41. The molecule has 0 aliphatic heterocycles. The molecular weight excluding hydrogens is 300 g/mol. The Labute approximate surface area is 157 Å². The van der Waals surface area contributed by atoms with Crippen LogP contribution >= 0.6 is 0 Å². The van der Waals surface area contributed by atoms with Crippen LogP contribution in [0.15, 0.2) is 23.3 Å². The minimum absolute atomic E-state index is 0.601. The van der Waals surface area contributed by atoms with Gasteiger partial charge in [0.25, 0.3) is 0 Å². The predicted molar refractivity (Wildman–Crippen MR) is 110 cm³/mol. The van der Waals surface area contributed by atoms with Crippen molar-refractivity contribution in [2.75, 3.05) is 0 Å². The summed E-state index contributed by atoms with van der Waals surface area (Å²) in [7, 11) is 0. The smallest absolute Gasteiger partial charge is 0.0848 e. The van der Waals surface area contributed by atoms with Crippen LogP contribution in [0.25, 0.3) is 0 Å². The van der Waals surface area contributed by atoms with E-state index in [1.165, 1.54) is 51.4 Å². The first-order chi connectivity index (χ1) is 11.8. The fraction of sp³-hybridized carbons (Fsp3) is 0.800. The first kappa shape index (κ1) is 19.1. The predicted octanol–water partition coefficient (Wildman–Crippen LogP) is 7.76. The van der Waals surface area contributed by atoms with E-state index in [1.807, 2.05) is 0 Å². The molecule has 3 aliphatic rings. The van der Waals surface area contributed by atoms with Gasteiger partial charge in [-0.3, -0.25) is 0 Å². The molecule has 2 fully saturated rings. The highest BCUT2D eigenvalue weighted by Gasteiger charge is 2.55. The van der Waals surface area contributed by atoms with E-state index in [-0.39, 0.29) is 0 Å². The Hall–Kier alpha value is -0.650. The Kier molecular flexibility index (Phi) is 5.76. The second-order valence-electron chi connectivity index (χ2n) is 10.3. The van der Waals surface area contributed by atoms with Gasteiger partial charge >= 0.3 is 0 Å². The lowest BCUT2D eigenvalue weighted by Gasteiger charge is -2.46. The molecule has 0 aromatic heterocycles. The van der Waals surface area contributed by atoms with E-state index >= 15 is 0 Å². The lowest BCUT2D eigenvalue weighted by molar-refractivity contribution is 0.0450. The zero-order valence-corrected chi connectivity index (χ0v) is 17.7. The summed E-state index contributed by atoms with van der Waals surface area (Å²) in [4.78, 5) is 0. The molecule has 0 spiro atoms. The van der Waals surface area contributed by atoms with Crippen molar-refractivity contribution in [3.05, 3.63) is 29.2 Å². The molecule has 25 heavy (non-hydrogen) atoms. The van der Waals surface area contributed by atoms with Gasteiger partial charge in [0, 0.05) is 12.3 Å². The second-order valence-corrected chi connectivity index (χ2v) is 10.3. The summed E-state index contributed by atoms with van der Waals surface area (Å²) in [5.74, 6) is 6.20. The zero-order valence-electron chi connectivity index (χ0n) is 17.7. The number of rotatable bonds is 1. The minimum atomic E-state index is 0.601. The van der Waals surface area contributed by atoms with Crippen LogP contribution in [0.1, 0.15) is 92.9 Å². The topological polar surface area (TPSA) is 0 Å². The van der Waals surface area contributed by atoms with Crippen molar-refractivity contribution in [2.45, 2.75) is 92.9 Å². The van der Waals surface area contributed by atoms with E-state index in [0.717, 1.165) is 29.6 Å². The van der Waals surface area contributed by atoms with Crippen LogP contribution in [0, 0.1) is 40.9 Å². The van der Waals surface area contributed by atoms with Gasteiger partial charge in [-0.1, -0.05) is 44.1 Å². The standard InChI is InChI=1S/C25H41/c1-17(2)21-13-14-25(6)16-23-20(5)12-8-10-18(3)9-7-11-19(4)22(23)15-24(21)25/h10-11,17,21-24H,7-9,12-16H2,1-6H3/q+1/b18-10+,19-11+/t21-,22-,23+,24+,25-/m1/s1. The maximum absolute atomic E-state index is 2.64. The lowest BCUT2D eigenvalue weighted by atomic mass is 9.55. The van der Waals surface area contributed by atoms with Crippen LogP contribution in [0.5, 0.6) is 0 Å². The molecule has 0 aromatic carbocycles. The van der Waals surface area contributed by atoms with Crippen molar-refractivity contribution >= 4 is 0 Å². The minimum Gasteiger partial charge on any atom is -0.0848 e. The van der Waals surface area contributed by atoms with E-state index in [2.05, 4.69) is 53.7 Å². The van der Waals surface area contributed by atoms with E-state index in [0.29, 0.717) is 5.41 Å². The van der Waals surface area contributed by atoms with Crippen LogP contribution < -0.4 is 0 Å². The third-order valence-electron chi connectivity index (χ3n) is 8.25. The zero-order chi connectivity index (χ0) is 18.2. The van der Waals surface area contributed by atoms with Crippen molar-refractivity contribution in [2.24, 2.45) is 35.0 Å². The molecule has 0 bridgehead atoms. The van der Waals surface area contributed by atoms with Crippen molar-refractivity contribution in [1.82, 2.24) is 0 Å². The number of allylic oxidation sites excluding steroid dienone is 4. The van der Waals surface area contributed by atoms with Gasteiger partial charge < -0.3 is 0 Å². The molecule has 140 valence electrons. The molecular formula is C25H41+. The van der Waals surface area contributed by atoms with Gasteiger partial charge in [-0.05, 0) is 75.5 Å². The fourth-order valence-corrected chi connectivity index (χ4v) is 6.53. The molecule has 0 unspecified atom stereocenters. The largest absolute Gasteiger partial charge is 0.107 e. The summed E-state index contributed by atoms with van der Waals surface area (Å²) in [5, 5.41) is 0. The Morgan fingerprint density at radius 3 is 2.64 bits per heavy atom. The molecule has 0 aromatic rings. The number of hydrogen-bond donors (Lipinski definition) is 0. The molecule has 3 aliphatic carbocycles. The Morgan fingerprint density at radius 1 is 1.16 bits per heavy atom. The van der Waals surface area contributed by atoms with Gasteiger partial charge in [-0.15, -0.1) is 0 Å². The van der Waals surface area contributed by atoms with Gasteiger partial charge in [0.05, 0.1) is 19.3 Å². The van der Waals surface area contributed by atoms with Crippen LogP contribution in [-0.4, -0.2) is 0 Å². The first-order valence-electron chi connectivity index (χ1n) is 11.0. The third kappa shape index (κ3) is 3.88. The quantitative estimate of drug-likeness (QED) is 0.337. The number of fused-ring (bicyclic) bond motifs is 2. The normalized spacial score (nSPS) is 44.2. The average Bonchev–Trinajstić information content (AvgIpc) is 2.88. The first-order valence-corrected chi connectivity index (χ1v) is 11.0. The van der Waals surface area contributed by atoms with Crippen molar-refractivity contribution in [1.29, 1.82) is 0 Å². The molecule has 0 amide bonds. The van der Waals surface area contributed by atoms with Gasteiger partial charge in [-0.25, -0.2) is 0 Å². The highest BCUT2D eigenvalue weighted by atomic mass is 14.6. The Bertz CT molecular complexity index is 522. The summed E-state index contributed by atoms with van der Waals surface area (Å²) in [6.45, 7) is 14.8. The Morgan fingerprint density at radius 2 is 1.92 bits per heavy atom. The SMILES string of the molecule is C/C1=C\CC[C+](C)[C@@H]2C[C@@]3(C)CC[C@H](C(C)C)[C@@H]3C[C@@H]2/C(C)=C/CC1. The monoisotopic (exact) mass is 341 g/mol. The summed E-state index contributed by atoms with van der Waals surface area (Å²) in [6.07, 6.45) is 16.0. The van der Waals surface area contributed by atoms with Crippen molar-refractivity contribution in [3.63, 3.8) is 0 Å². The van der Waals surface area contributed by atoms with E-state index in [1.54, 1.807) is 17.1 Å². The summed E-state index contributed by atoms with van der Waals surface area (Å²) in [6, 6.07) is 0. The van der Waals surface area contributed by atoms with E-state index in [4.69, 9.17) is 0 Å². The molecule has 3 rings (SSSR count). The third-order valence-corrected chi connectivity index (χ3v) is 8.25. The molecule has 5 atom stereocenters.